The van der Waals surface area contributed by atoms with E-state index in [1.54, 1.807) is 35.3 Å². The van der Waals surface area contributed by atoms with E-state index in [1.165, 1.54) is 24.3 Å². The number of nitrogens with one attached hydrogen (secondary N) is 2. The molecule has 0 saturated carbocycles. The predicted octanol–water partition coefficient (Wildman–Crippen LogP) is 8.41. The summed E-state index contributed by atoms with van der Waals surface area (Å²) >= 11 is 0. The maximum Gasteiger partial charge on any atom is 0.303 e. The van der Waals surface area contributed by atoms with Crippen molar-refractivity contribution in [3.63, 3.8) is 0 Å². The number of carbonyl (C=O) groups is 1. The minimum atomic E-state index is -1.00. The molecule has 0 saturated heterocycles. The number of hydrogen-bond acceptors (Lipinski definition) is 5. The highest BCUT2D eigenvalue weighted by Gasteiger charge is 2.27. The van der Waals surface area contributed by atoms with Crippen molar-refractivity contribution in [1.29, 1.82) is 0 Å². The molecule has 0 spiro atoms. The van der Waals surface area contributed by atoms with Gasteiger partial charge >= 0.3 is 5.97 Å². The number of ether oxygens (including phenoxy) is 1. The largest absolute Gasteiger partial charge is 0.481 e. The van der Waals surface area contributed by atoms with Gasteiger partial charge in [0.15, 0.2) is 11.6 Å². The Bertz CT molecular complexity index is 2170. The smallest absolute Gasteiger partial charge is 0.303 e. The van der Waals surface area contributed by atoms with Gasteiger partial charge in [-0.3, -0.25) is 4.79 Å². The van der Waals surface area contributed by atoms with Gasteiger partial charge in [0.25, 0.3) is 0 Å². The van der Waals surface area contributed by atoms with Crippen LogP contribution in [0.25, 0.3) is 22.3 Å². The Hall–Kier alpha value is -5.39. The third kappa shape index (κ3) is 6.42. The molecule has 0 fully saturated rings. The molecule has 3 N–H and O–H groups in total. The van der Waals surface area contributed by atoms with Crippen molar-refractivity contribution in [2.24, 2.45) is 0 Å². The first-order chi connectivity index (χ1) is 23.6. The van der Waals surface area contributed by atoms with Crippen LogP contribution >= 0.6 is 0 Å². The number of aryl methyl sites for hydroxylation is 1. The number of imidazole rings is 1. The molecule has 0 radical (unpaired) electrons. The molecule has 1 aliphatic heterocycles. The minimum Gasteiger partial charge on any atom is -0.481 e. The average Bonchev–Trinajstić information content (AvgIpc) is 3.85. The summed E-state index contributed by atoms with van der Waals surface area (Å²) in [7, 11) is 0. The molecule has 3 aromatic heterocycles. The third-order valence-corrected chi connectivity index (χ3v) is 9.44. The summed E-state index contributed by atoms with van der Waals surface area (Å²) in [5, 5.41) is 18.8. The molecule has 12 heteroatoms. The second-order valence-electron chi connectivity index (χ2n) is 13.2. The zero-order valence-electron chi connectivity index (χ0n) is 27.1. The van der Waals surface area contributed by atoms with Gasteiger partial charge in [-0.25, -0.2) is 22.8 Å². The van der Waals surface area contributed by atoms with Crippen molar-refractivity contribution in [2.75, 3.05) is 0 Å². The fourth-order valence-electron chi connectivity index (χ4n) is 6.68. The molecule has 9 nitrogen and oxygen atoms in total. The van der Waals surface area contributed by atoms with Crippen molar-refractivity contribution in [3.05, 3.63) is 113 Å². The van der Waals surface area contributed by atoms with E-state index in [0.29, 0.717) is 34.3 Å². The fraction of sp³-hybridized carbons (Fsp3) is 0.297. The lowest BCUT2D eigenvalue weighted by Gasteiger charge is -2.23. The molecule has 1 unspecified atom stereocenters. The standard InChI is InChI=1S/C37H35F3N6O3/c1-37(2)14-4-3-7-23(25-8-5-6-21(34(25)40)9-12-33(47)48)31-18-42-36(43-31)26-16-22(10-11-28(26)38)49-35-27(19-46-20-32(37)44-45-46)24-13-15-41-30(24)17-29(35)39/h5-6,8,10-11,13,15-18,20,23,41H,3-4,7,9,12,14,19H2,1-2H3,(H,42,43)(H,47,48). The van der Waals surface area contributed by atoms with E-state index in [9.17, 15) is 9.90 Å². The van der Waals surface area contributed by atoms with Crippen LogP contribution < -0.4 is 4.74 Å². The molecule has 6 bridgehead atoms. The summed E-state index contributed by atoms with van der Waals surface area (Å²) in [6, 6.07) is 12.3. The number of carboxylic acid groups (broad SMARTS) is 1. The maximum atomic E-state index is 16.0. The van der Waals surface area contributed by atoms with Crippen molar-refractivity contribution in [2.45, 2.75) is 70.3 Å². The van der Waals surface area contributed by atoms with E-state index in [0.717, 1.165) is 30.3 Å². The highest BCUT2D eigenvalue weighted by molar-refractivity contribution is 5.85. The van der Waals surface area contributed by atoms with Crippen LogP contribution in [0.5, 0.6) is 11.5 Å². The maximum absolute atomic E-state index is 16.0. The van der Waals surface area contributed by atoms with Crippen LogP contribution in [-0.2, 0) is 23.2 Å². The summed E-state index contributed by atoms with van der Waals surface area (Å²) in [4.78, 5) is 22.0. The molecule has 49 heavy (non-hydrogen) atoms. The number of aromatic amines is 2. The van der Waals surface area contributed by atoms with Crippen molar-refractivity contribution in [3.8, 4) is 22.9 Å². The molecule has 3 aromatic carbocycles. The molecule has 6 aromatic rings. The van der Waals surface area contributed by atoms with Gasteiger partial charge in [0.1, 0.15) is 23.2 Å². The third-order valence-electron chi connectivity index (χ3n) is 9.44. The van der Waals surface area contributed by atoms with Crippen LogP contribution in [0.3, 0.4) is 0 Å². The topological polar surface area (TPSA) is 122 Å². The normalized spacial score (nSPS) is 16.3. The van der Waals surface area contributed by atoms with Crippen LogP contribution in [0, 0.1) is 17.5 Å². The summed E-state index contributed by atoms with van der Waals surface area (Å²) in [5.41, 5.74) is 2.99. The second kappa shape index (κ2) is 12.9. The summed E-state index contributed by atoms with van der Waals surface area (Å²) in [5.74, 6) is -2.72. The highest BCUT2D eigenvalue weighted by atomic mass is 19.1. The average molecular weight is 669 g/mol. The van der Waals surface area contributed by atoms with Crippen molar-refractivity contribution in [1.82, 2.24) is 29.9 Å². The number of aliphatic carboxylic acids is 1. The number of nitrogens with zero attached hydrogens (tertiary/aromatic N) is 4. The number of halogens is 3. The number of fused-ring (bicyclic) bond motifs is 10. The Kier molecular flexibility index (Phi) is 8.47. The van der Waals surface area contributed by atoms with Crippen LogP contribution in [0.4, 0.5) is 13.2 Å². The number of benzene rings is 3. The lowest BCUT2D eigenvalue weighted by Crippen LogP contribution is -2.18. The Balaban J connectivity index is 1.33. The van der Waals surface area contributed by atoms with Gasteiger partial charge in [-0.05, 0) is 54.7 Å². The Labute approximate surface area is 280 Å². The Morgan fingerprint density at radius 1 is 1.10 bits per heavy atom. The second-order valence-corrected chi connectivity index (χ2v) is 13.2. The zero-order chi connectivity index (χ0) is 34.3. The van der Waals surface area contributed by atoms with Gasteiger partial charge in [-0.2, -0.15) is 0 Å². The van der Waals surface area contributed by atoms with Crippen LogP contribution in [0.15, 0.2) is 67.1 Å². The van der Waals surface area contributed by atoms with E-state index < -0.39 is 29.3 Å². The molecule has 0 amide bonds. The van der Waals surface area contributed by atoms with Crippen LogP contribution in [0.1, 0.15) is 79.9 Å². The molecular weight excluding hydrogens is 633 g/mol. The van der Waals surface area contributed by atoms with E-state index in [2.05, 4.69) is 39.1 Å². The quantitative estimate of drug-likeness (QED) is 0.173. The van der Waals surface area contributed by atoms with Gasteiger partial charge in [0, 0.05) is 64.6 Å². The summed E-state index contributed by atoms with van der Waals surface area (Å²) < 4.78 is 54.9. The lowest BCUT2D eigenvalue weighted by atomic mass is 9.82. The lowest BCUT2D eigenvalue weighted by molar-refractivity contribution is -0.136. The van der Waals surface area contributed by atoms with Gasteiger partial charge in [-0.1, -0.05) is 50.1 Å². The molecule has 1 atom stereocenters. The number of carboxylic acids is 1. The predicted molar refractivity (Wildman–Crippen MR) is 177 cm³/mol. The Morgan fingerprint density at radius 3 is 2.80 bits per heavy atom. The number of aromatic nitrogens is 6. The van der Waals surface area contributed by atoms with Crippen molar-refractivity contribution >= 4 is 16.9 Å². The molecular formula is C37H35F3N6O3. The van der Waals surface area contributed by atoms with Gasteiger partial charge in [0.2, 0.25) is 0 Å². The van der Waals surface area contributed by atoms with Gasteiger partial charge < -0.3 is 19.8 Å². The first-order valence-electron chi connectivity index (χ1n) is 16.3. The van der Waals surface area contributed by atoms with Gasteiger partial charge in [0.05, 0.1) is 17.8 Å². The van der Waals surface area contributed by atoms with Gasteiger partial charge in [-0.15, -0.1) is 5.10 Å². The van der Waals surface area contributed by atoms with E-state index in [-0.39, 0.29) is 47.7 Å². The number of H-pyrrole nitrogens is 2. The number of hydrogen-bond donors (Lipinski definition) is 3. The monoisotopic (exact) mass is 668 g/mol. The molecule has 1 aliphatic rings. The van der Waals surface area contributed by atoms with E-state index in [1.807, 2.05) is 12.3 Å². The fourth-order valence-corrected chi connectivity index (χ4v) is 6.68. The molecule has 252 valence electrons. The summed E-state index contributed by atoms with van der Waals surface area (Å²) in [6.07, 6.45) is 7.87. The van der Waals surface area contributed by atoms with Crippen LogP contribution in [-0.4, -0.2) is 41.0 Å². The molecule has 7 rings (SSSR count). The zero-order valence-corrected chi connectivity index (χ0v) is 27.1. The SMILES string of the molecule is CC1(C)CCCCC(c2cccc(CCC(=O)O)c2F)c2cnc([nH]2)-c2cc(ccc2F)Oc2c(F)cc3[nH]ccc3c2Cn2cc1nn2. The number of rotatable bonds is 4. The Morgan fingerprint density at radius 2 is 1.96 bits per heavy atom. The highest BCUT2D eigenvalue weighted by Crippen LogP contribution is 2.39. The van der Waals surface area contributed by atoms with Crippen molar-refractivity contribution < 1.29 is 27.8 Å². The van der Waals surface area contributed by atoms with Crippen LogP contribution in [0.2, 0.25) is 0 Å². The molecule has 0 aliphatic carbocycles. The molecule has 4 heterocycles. The first kappa shape index (κ1) is 32.2. The summed E-state index contributed by atoms with van der Waals surface area (Å²) in [6.45, 7) is 4.37. The van der Waals surface area contributed by atoms with E-state index >= 15 is 13.2 Å². The van der Waals surface area contributed by atoms with E-state index in [4.69, 9.17) is 4.74 Å². The first-order valence-corrected chi connectivity index (χ1v) is 16.3. The minimum absolute atomic E-state index is 0.0164.